The van der Waals surface area contributed by atoms with Gasteiger partial charge in [-0.3, -0.25) is 14.6 Å². The molecule has 2 rings (SSSR count). The molecule has 0 spiro atoms. The summed E-state index contributed by atoms with van der Waals surface area (Å²) < 4.78 is 1.61. The van der Waals surface area contributed by atoms with E-state index in [0.29, 0.717) is 12.2 Å². The van der Waals surface area contributed by atoms with Crippen LogP contribution in [0.3, 0.4) is 0 Å². The third-order valence-corrected chi connectivity index (χ3v) is 3.11. The van der Waals surface area contributed by atoms with Crippen molar-refractivity contribution >= 4 is 5.69 Å². The quantitative estimate of drug-likeness (QED) is 0.845. The molecule has 4 heteroatoms. The fourth-order valence-electron chi connectivity index (χ4n) is 2.06. The van der Waals surface area contributed by atoms with Crippen LogP contribution in [0.15, 0.2) is 35.1 Å². The molecule has 18 heavy (non-hydrogen) atoms. The van der Waals surface area contributed by atoms with Crippen LogP contribution < -0.4 is 11.3 Å². The van der Waals surface area contributed by atoms with Crippen LogP contribution >= 0.6 is 0 Å². The molecule has 96 valence electrons. The average Bonchev–Trinajstić information content (AvgIpc) is 2.68. The van der Waals surface area contributed by atoms with Gasteiger partial charge in [-0.1, -0.05) is 37.3 Å². The van der Waals surface area contributed by atoms with Gasteiger partial charge in [-0.2, -0.15) is 0 Å². The first-order valence-electron chi connectivity index (χ1n) is 6.33. The lowest BCUT2D eigenvalue weighted by molar-refractivity contribution is 0.558. The minimum absolute atomic E-state index is 0.0973. The minimum Gasteiger partial charge on any atom is -0.393 e. The Bertz CT molecular complexity index is 554. The molecule has 1 heterocycles. The Morgan fingerprint density at radius 3 is 2.61 bits per heavy atom. The Balaban J connectivity index is 1.97. The number of hydrogen-bond donors (Lipinski definition) is 2. The molecule has 0 unspecified atom stereocenters. The van der Waals surface area contributed by atoms with Gasteiger partial charge in [0.15, 0.2) is 0 Å². The van der Waals surface area contributed by atoms with Crippen LogP contribution in [-0.4, -0.2) is 9.78 Å². The minimum atomic E-state index is -0.0973. The predicted molar refractivity (Wildman–Crippen MR) is 73.6 cm³/mol. The van der Waals surface area contributed by atoms with Crippen LogP contribution in [0.1, 0.15) is 24.6 Å². The molecule has 2 aromatic rings. The Morgan fingerprint density at radius 1 is 1.28 bits per heavy atom. The fourth-order valence-corrected chi connectivity index (χ4v) is 2.06. The summed E-state index contributed by atoms with van der Waals surface area (Å²) in [6.07, 6.45) is 2.65. The molecule has 0 bridgehead atoms. The van der Waals surface area contributed by atoms with E-state index in [1.54, 1.807) is 4.68 Å². The number of aromatic nitrogens is 2. The van der Waals surface area contributed by atoms with Crippen LogP contribution in [-0.2, 0) is 19.4 Å². The smallest absolute Gasteiger partial charge is 0.289 e. The number of aromatic amines is 1. The molecule has 0 atom stereocenters. The van der Waals surface area contributed by atoms with Crippen molar-refractivity contribution in [2.45, 2.75) is 32.7 Å². The first-order chi connectivity index (χ1) is 8.72. The standard InChI is InChI=1S/C14H19N3O/c1-2-12-13(15)14(18)17(16-12)10-6-9-11-7-4-3-5-8-11/h3-5,7-8,16H,2,6,9-10,15H2,1H3. The second-order valence-electron chi connectivity index (χ2n) is 4.40. The molecule has 0 aliphatic heterocycles. The molecule has 0 saturated carbocycles. The molecule has 4 nitrogen and oxygen atoms in total. The van der Waals surface area contributed by atoms with E-state index in [2.05, 4.69) is 17.2 Å². The Hall–Kier alpha value is -1.97. The Kier molecular flexibility index (Phi) is 3.87. The van der Waals surface area contributed by atoms with E-state index in [0.717, 1.165) is 25.0 Å². The number of benzene rings is 1. The van der Waals surface area contributed by atoms with Crippen molar-refractivity contribution < 1.29 is 0 Å². The maximum atomic E-state index is 11.8. The molecule has 0 saturated heterocycles. The summed E-state index contributed by atoms with van der Waals surface area (Å²) in [5.74, 6) is 0. The van der Waals surface area contributed by atoms with Gasteiger partial charge < -0.3 is 5.73 Å². The average molecular weight is 245 g/mol. The van der Waals surface area contributed by atoms with E-state index >= 15 is 0 Å². The summed E-state index contributed by atoms with van der Waals surface area (Å²) in [6, 6.07) is 10.3. The Morgan fingerprint density at radius 2 is 2.00 bits per heavy atom. The van der Waals surface area contributed by atoms with E-state index in [9.17, 15) is 4.79 Å². The van der Waals surface area contributed by atoms with Crippen molar-refractivity contribution in [3.8, 4) is 0 Å². The number of nitrogen functional groups attached to an aromatic ring is 1. The van der Waals surface area contributed by atoms with Crippen LogP contribution in [0, 0.1) is 0 Å². The summed E-state index contributed by atoms with van der Waals surface area (Å²) in [7, 11) is 0. The zero-order valence-corrected chi connectivity index (χ0v) is 10.6. The van der Waals surface area contributed by atoms with Gasteiger partial charge >= 0.3 is 0 Å². The van der Waals surface area contributed by atoms with Gasteiger partial charge in [0.1, 0.15) is 5.69 Å². The largest absolute Gasteiger partial charge is 0.393 e. The molecule has 0 aliphatic rings. The van der Waals surface area contributed by atoms with Gasteiger partial charge in [-0.25, -0.2) is 0 Å². The monoisotopic (exact) mass is 245 g/mol. The lowest BCUT2D eigenvalue weighted by Crippen LogP contribution is -2.18. The summed E-state index contributed by atoms with van der Waals surface area (Å²) in [5, 5.41) is 3.06. The zero-order valence-electron chi connectivity index (χ0n) is 10.6. The molecule has 0 radical (unpaired) electrons. The van der Waals surface area contributed by atoms with Gasteiger partial charge in [0.25, 0.3) is 5.56 Å². The number of nitrogens with one attached hydrogen (secondary N) is 1. The van der Waals surface area contributed by atoms with Crippen LogP contribution in [0.2, 0.25) is 0 Å². The molecule has 1 aromatic heterocycles. The summed E-state index contributed by atoms with van der Waals surface area (Å²) in [6.45, 7) is 2.66. The molecule has 1 aromatic carbocycles. The first kappa shape index (κ1) is 12.5. The van der Waals surface area contributed by atoms with Gasteiger partial charge in [-0.05, 0) is 24.8 Å². The van der Waals surface area contributed by atoms with E-state index in [1.807, 2.05) is 25.1 Å². The van der Waals surface area contributed by atoms with Gasteiger partial charge in [0.2, 0.25) is 0 Å². The van der Waals surface area contributed by atoms with Crippen molar-refractivity contribution in [3.63, 3.8) is 0 Å². The van der Waals surface area contributed by atoms with E-state index < -0.39 is 0 Å². The van der Waals surface area contributed by atoms with Crippen molar-refractivity contribution in [1.29, 1.82) is 0 Å². The highest BCUT2D eigenvalue weighted by molar-refractivity contribution is 5.40. The molecule has 0 aliphatic carbocycles. The topological polar surface area (TPSA) is 63.8 Å². The normalized spacial score (nSPS) is 10.7. The summed E-state index contributed by atoms with van der Waals surface area (Å²) >= 11 is 0. The van der Waals surface area contributed by atoms with Crippen molar-refractivity contribution in [1.82, 2.24) is 9.78 Å². The lowest BCUT2D eigenvalue weighted by atomic mass is 10.1. The number of aryl methyl sites for hydroxylation is 3. The number of nitrogens with zero attached hydrogens (tertiary/aromatic N) is 1. The molecular formula is C14H19N3O. The second-order valence-corrected chi connectivity index (χ2v) is 4.40. The van der Waals surface area contributed by atoms with Crippen LogP contribution in [0.4, 0.5) is 5.69 Å². The number of anilines is 1. The van der Waals surface area contributed by atoms with E-state index in [-0.39, 0.29) is 5.56 Å². The van der Waals surface area contributed by atoms with Gasteiger partial charge in [0, 0.05) is 6.54 Å². The molecular weight excluding hydrogens is 226 g/mol. The number of H-pyrrole nitrogens is 1. The highest BCUT2D eigenvalue weighted by atomic mass is 16.1. The van der Waals surface area contributed by atoms with Crippen LogP contribution in [0.5, 0.6) is 0 Å². The lowest BCUT2D eigenvalue weighted by Gasteiger charge is -2.02. The highest BCUT2D eigenvalue weighted by Crippen LogP contribution is 2.06. The third-order valence-electron chi connectivity index (χ3n) is 3.11. The summed E-state index contributed by atoms with van der Waals surface area (Å²) in [5.41, 5.74) is 8.12. The maximum Gasteiger partial charge on any atom is 0.289 e. The van der Waals surface area contributed by atoms with Crippen LogP contribution in [0.25, 0.3) is 0 Å². The maximum absolute atomic E-state index is 11.8. The van der Waals surface area contributed by atoms with E-state index in [1.165, 1.54) is 5.56 Å². The predicted octanol–water partition coefficient (Wildman–Crippen LogP) is 1.95. The number of nitrogens with two attached hydrogens (primary N) is 1. The first-order valence-corrected chi connectivity index (χ1v) is 6.33. The van der Waals surface area contributed by atoms with Gasteiger partial charge in [0.05, 0.1) is 5.69 Å². The van der Waals surface area contributed by atoms with Crippen molar-refractivity contribution in [3.05, 3.63) is 51.9 Å². The second kappa shape index (κ2) is 5.58. The van der Waals surface area contributed by atoms with E-state index in [4.69, 9.17) is 5.73 Å². The Labute approximate surface area is 106 Å². The van der Waals surface area contributed by atoms with Crippen molar-refractivity contribution in [2.75, 3.05) is 5.73 Å². The number of rotatable bonds is 5. The molecule has 0 fully saturated rings. The third kappa shape index (κ3) is 2.64. The number of hydrogen-bond acceptors (Lipinski definition) is 2. The highest BCUT2D eigenvalue weighted by Gasteiger charge is 2.08. The SMILES string of the molecule is CCc1[nH]n(CCCc2ccccc2)c(=O)c1N. The summed E-state index contributed by atoms with van der Waals surface area (Å²) in [4.78, 5) is 11.8. The fraction of sp³-hybridized carbons (Fsp3) is 0.357. The molecule has 0 amide bonds. The van der Waals surface area contributed by atoms with Gasteiger partial charge in [-0.15, -0.1) is 0 Å². The van der Waals surface area contributed by atoms with Crippen molar-refractivity contribution in [2.24, 2.45) is 0 Å². The zero-order chi connectivity index (χ0) is 13.0. The molecule has 3 N–H and O–H groups in total.